The number of esters is 1. The van der Waals surface area contributed by atoms with Crippen LogP contribution in [0.15, 0.2) is 81.7 Å². The van der Waals surface area contributed by atoms with E-state index in [0.29, 0.717) is 21.4 Å². The van der Waals surface area contributed by atoms with Gasteiger partial charge >= 0.3 is 12.1 Å². The molecule has 228 valence electrons. The van der Waals surface area contributed by atoms with Gasteiger partial charge in [0.1, 0.15) is 12.4 Å². The first kappa shape index (κ1) is 33.0. The van der Waals surface area contributed by atoms with E-state index in [0.717, 1.165) is 28.6 Å². The first-order chi connectivity index (χ1) is 20.9. The van der Waals surface area contributed by atoms with Crippen LogP contribution in [-0.2, 0) is 16.1 Å². The minimum atomic E-state index is -5.01. The number of alkyl halides is 3. The first-order valence-corrected chi connectivity index (χ1v) is 16.5. The van der Waals surface area contributed by atoms with Crippen LogP contribution in [0.1, 0.15) is 29.7 Å². The number of aromatic nitrogens is 1. The number of thiazole rings is 1. The number of ether oxygens (including phenoxy) is 2. The molecule has 6 nitrogen and oxygen atoms in total. The molecule has 14 heteroatoms. The summed E-state index contributed by atoms with van der Waals surface area (Å²) in [5.74, 6) is -0.755. The van der Waals surface area contributed by atoms with Gasteiger partial charge in [0.2, 0.25) is 0 Å². The van der Waals surface area contributed by atoms with Crippen LogP contribution in [0, 0.1) is 7.14 Å². The second kappa shape index (κ2) is 13.5. The molecule has 0 N–H and O–H groups in total. The standard InChI is InChI=1S/C30H19Cl2F3I2N2O4S/c1-2-42-28(41)23-24(15-7-9-18(31)10-8-15)39-27(40)22(44-29(39)38-26(23)30(33,34)35)12-17-11-19(36)13-21(37)25(17)43-14-16-5-3-4-6-20(16)32/h3-13,24H,2,14H2,1H3/b22-12-/t24-/m0/s1. The Bertz CT molecular complexity index is 1980. The molecule has 1 aliphatic heterocycles. The highest BCUT2D eigenvalue weighted by molar-refractivity contribution is 14.1. The monoisotopic (exact) mass is 884 g/mol. The van der Waals surface area contributed by atoms with Crippen LogP contribution >= 0.6 is 79.7 Å². The van der Waals surface area contributed by atoms with Crippen molar-refractivity contribution in [2.24, 2.45) is 4.99 Å². The number of carbonyl (C=O) groups is 1. The molecule has 1 aromatic heterocycles. The van der Waals surface area contributed by atoms with Crippen LogP contribution in [0.25, 0.3) is 6.08 Å². The fourth-order valence-electron chi connectivity index (χ4n) is 4.55. The zero-order valence-electron chi connectivity index (χ0n) is 22.4. The minimum Gasteiger partial charge on any atom is -0.487 e. The molecule has 0 fully saturated rings. The number of fused-ring (bicyclic) bond motifs is 1. The van der Waals surface area contributed by atoms with Gasteiger partial charge in [0.05, 0.1) is 26.3 Å². The zero-order valence-corrected chi connectivity index (χ0v) is 29.1. The molecule has 44 heavy (non-hydrogen) atoms. The van der Waals surface area contributed by atoms with E-state index in [9.17, 15) is 22.8 Å². The van der Waals surface area contributed by atoms with Crippen LogP contribution in [0.3, 0.4) is 0 Å². The van der Waals surface area contributed by atoms with Crippen molar-refractivity contribution in [3.05, 3.63) is 125 Å². The van der Waals surface area contributed by atoms with Gasteiger partial charge in [-0.2, -0.15) is 13.2 Å². The smallest absolute Gasteiger partial charge is 0.434 e. The number of hydrogen-bond donors (Lipinski definition) is 0. The Labute approximate surface area is 290 Å². The van der Waals surface area contributed by atoms with E-state index in [2.05, 4.69) is 50.2 Å². The van der Waals surface area contributed by atoms with Crippen molar-refractivity contribution in [1.29, 1.82) is 0 Å². The number of carbonyl (C=O) groups excluding carboxylic acids is 1. The van der Waals surface area contributed by atoms with Crippen LogP contribution < -0.4 is 19.6 Å². The fourth-order valence-corrected chi connectivity index (χ4v) is 7.90. The second-order valence-corrected chi connectivity index (χ2v) is 13.6. The highest BCUT2D eigenvalue weighted by Gasteiger charge is 2.45. The molecule has 0 bridgehead atoms. The second-order valence-electron chi connectivity index (χ2n) is 9.30. The number of nitrogens with zero attached hydrogens (tertiary/aromatic N) is 2. The molecule has 0 saturated carbocycles. The number of benzene rings is 3. The normalized spacial score (nSPS) is 15.2. The summed E-state index contributed by atoms with van der Waals surface area (Å²) in [5.41, 5.74) is -1.33. The molecular weight excluding hydrogens is 866 g/mol. The lowest BCUT2D eigenvalue weighted by atomic mass is 9.95. The molecule has 0 amide bonds. The number of allylic oxidation sites excluding steroid dienone is 1. The lowest BCUT2D eigenvalue weighted by molar-refractivity contribution is -0.140. The van der Waals surface area contributed by atoms with E-state index in [-0.39, 0.29) is 28.1 Å². The van der Waals surface area contributed by atoms with Gasteiger partial charge in [-0.25, -0.2) is 9.79 Å². The Kier molecular flexibility index (Phi) is 10.1. The van der Waals surface area contributed by atoms with E-state index in [1.54, 1.807) is 24.3 Å². The van der Waals surface area contributed by atoms with Crippen molar-refractivity contribution < 1.29 is 27.4 Å². The maximum absolute atomic E-state index is 14.4. The Balaban J connectivity index is 1.72. The van der Waals surface area contributed by atoms with Crippen molar-refractivity contribution in [3.63, 3.8) is 0 Å². The molecule has 2 heterocycles. The largest absolute Gasteiger partial charge is 0.487 e. The van der Waals surface area contributed by atoms with E-state index in [4.69, 9.17) is 32.7 Å². The topological polar surface area (TPSA) is 69.9 Å². The van der Waals surface area contributed by atoms with Crippen molar-refractivity contribution in [3.8, 4) is 5.75 Å². The average Bonchev–Trinajstić information content (AvgIpc) is 3.27. The molecular formula is C30H19Cl2F3I2N2O4S. The fraction of sp³-hybridized carbons (Fsp3) is 0.167. The molecule has 0 unspecified atom stereocenters. The van der Waals surface area contributed by atoms with E-state index in [1.807, 2.05) is 18.2 Å². The summed E-state index contributed by atoms with van der Waals surface area (Å²) in [4.78, 5) is 30.6. The van der Waals surface area contributed by atoms with Gasteiger partial charge < -0.3 is 9.47 Å². The SMILES string of the molecule is CCOC(=O)C1=C(C(F)(F)F)N=c2s/c(=C\c3cc(I)cc(I)c3OCc3ccccc3Cl)c(=O)n2[C@H]1c1ccc(Cl)cc1. The molecule has 1 aliphatic rings. The third-order valence-electron chi connectivity index (χ3n) is 6.43. The number of rotatable bonds is 7. The molecule has 0 radical (unpaired) electrons. The minimum absolute atomic E-state index is 0.0924. The van der Waals surface area contributed by atoms with Gasteiger partial charge in [0.15, 0.2) is 10.5 Å². The van der Waals surface area contributed by atoms with Crippen molar-refractivity contribution in [2.45, 2.75) is 25.7 Å². The summed E-state index contributed by atoms with van der Waals surface area (Å²) in [6.45, 7) is 1.45. The van der Waals surface area contributed by atoms with Gasteiger partial charge in [-0.1, -0.05) is 64.9 Å². The predicted octanol–water partition coefficient (Wildman–Crippen LogP) is 7.44. The molecule has 4 aromatic rings. The number of hydrogen-bond acceptors (Lipinski definition) is 6. The van der Waals surface area contributed by atoms with Crippen molar-refractivity contribution in [1.82, 2.24) is 4.57 Å². The third-order valence-corrected chi connectivity index (χ3v) is 9.46. The lowest BCUT2D eigenvalue weighted by Gasteiger charge is -2.26. The molecule has 3 aromatic carbocycles. The summed E-state index contributed by atoms with van der Waals surface area (Å²) in [5, 5.41) is 0.861. The van der Waals surface area contributed by atoms with Gasteiger partial charge in [0.25, 0.3) is 5.56 Å². The average molecular weight is 885 g/mol. The summed E-state index contributed by atoms with van der Waals surface area (Å²) < 4.78 is 57.1. The Morgan fingerprint density at radius 1 is 1.11 bits per heavy atom. The van der Waals surface area contributed by atoms with Gasteiger partial charge in [-0.05, 0) is 94.1 Å². The van der Waals surface area contributed by atoms with Crippen LogP contribution in [0.5, 0.6) is 5.75 Å². The molecule has 0 saturated heterocycles. The zero-order chi connectivity index (χ0) is 31.8. The van der Waals surface area contributed by atoms with Crippen LogP contribution in [0.2, 0.25) is 10.0 Å². The summed E-state index contributed by atoms with van der Waals surface area (Å²) >= 11 is 17.4. The predicted molar refractivity (Wildman–Crippen MR) is 180 cm³/mol. The highest BCUT2D eigenvalue weighted by atomic mass is 127. The molecule has 0 spiro atoms. The van der Waals surface area contributed by atoms with Gasteiger partial charge in [-0.15, -0.1) is 0 Å². The van der Waals surface area contributed by atoms with Crippen molar-refractivity contribution in [2.75, 3.05) is 6.61 Å². The van der Waals surface area contributed by atoms with Crippen molar-refractivity contribution >= 4 is 91.8 Å². The Hall–Kier alpha value is -2.40. The van der Waals surface area contributed by atoms with E-state index >= 15 is 0 Å². The Morgan fingerprint density at radius 3 is 2.48 bits per heavy atom. The molecule has 5 rings (SSSR count). The molecule has 0 aliphatic carbocycles. The maximum Gasteiger partial charge on any atom is 0.434 e. The van der Waals surface area contributed by atoms with Gasteiger partial charge in [0, 0.05) is 24.7 Å². The van der Waals surface area contributed by atoms with E-state index < -0.39 is 35.0 Å². The first-order valence-electron chi connectivity index (χ1n) is 12.8. The summed E-state index contributed by atoms with van der Waals surface area (Å²) in [7, 11) is 0. The molecule has 1 atom stereocenters. The number of halogens is 7. The van der Waals surface area contributed by atoms with E-state index in [1.165, 1.54) is 31.2 Å². The highest BCUT2D eigenvalue weighted by Crippen LogP contribution is 2.38. The summed E-state index contributed by atoms with van der Waals surface area (Å²) in [6.07, 6.45) is -3.45. The van der Waals surface area contributed by atoms with Crippen LogP contribution in [0.4, 0.5) is 13.2 Å². The quantitative estimate of drug-likeness (QED) is 0.143. The van der Waals surface area contributed by atoms with Gasteiger partial charge in [-0.3, -0.25) is 9.36 Å². The van der Waals surface area contributed by atoms with Crippen LogP contribution in [-0.4, -0.2) is 23.3 Å². The third kappa shape index (κ3) is 6.88. The summed E-state index contributed by atoms with van der Waals surface area (Å²) in [6, 6.07) is 15.3. The maximum atomic E-state index is 14.4. The Morgan fingerprint density at radius 2 is 1.82 bits per heavy atom. The lowest BCUT2D eigenvalue weighted by Crippen LogP contribution is -2.41.